The van der Waals surface area contributed by atoms with Gasteiger partial charge in [0, 0.05) is 36.4 Å². The molecule has 4 bridgehead atoms. The Balaban J connectivity index is 1.17. The van der Waals surface area contributed by atoms with E-state index in [2.05, 4.69) is 27.3 Å². The van der Waals surface area contributed by atoms with E-state index < -0.39 is 68.7 Å². The van der Waals surface area contributed by atoms with Crippen LogP contribution in [0, 0.1) is 17.3 Å². The van der Waals surface area contributed by atoms with Gasteiger partial charge in [0.15, 0.2) is 0 Å². The molecule has 3 aliphatic carbocycles. The Morgan fingerprint density at radius 2 is 1.81 bits per heavy atom. The first kappa shape index (κ1) is 44.2. The summed E-state index contributed by atoms with van der Waals surface area (Å²) >= 11 is 0. The molecule has 0 radical (unpaired) electrons. The molecule has 4 amide bonds. The Hall–Kier alpha value is -5.38. The zero-order valence-corrected chi connectivity index (χ0v) is 37.3. The van der Waals surface area contributed by atoms with E-state index in [1.807, 2.05) is 62.4 Å². The molecular weight excluding hydrogens is 825 g/mol. The van der Waals surface area contributed by atoms with Crippen LogP contribution in [-0.4, -0.2) is 91.4 Å². The molecule has 2 aromatic carbocycles. The third kappa shape index (κ3) is 9.90. The van der Waals surface area contributed by atoms with Gasteiger partial charge in [-0.05, 0) is 79.9 Å². The highest BCUT2D eigenvalue weighted by Gasteiger charge is 2.62. The summed E-state index contributed by atoms with van der Waals surface area (Å²) in [6.45, 7) is 8.53. The van der Waals surface area contributed by atoms with Crippen molar-refractivity contribution < 1.29 is 41.8 Å². The maximum Gasteiger partial charge on any atom is 0.407 e. The summed E-state index contributed by atoms with van der Waals surface area (Å²) < 4.78 is 46.6. The smallest absolute Gasteiger partial charge is 0.407 e. The monoisotopic (exact) mass is 884 g/mol. The number of carbonyl (C=O) groups is 4. The van der Waals surface area contributed by atoms with Crippen LogP contribution in [0.15, 0.2) is 61.2 Å². The van der Waals surface area contributed by atoms with Crippen LogP contribution in [-0.2, 0) is 42.1 Å². The second-order valence-electron chi connectivity index (χ2n) is 18.8. The molecule has 5 aliphatic rings. The Kier molecular flexibility index (Phi) is 12.6. The van der Waals surface area contributed by atoms with Crippen molar-refractivity contribution in [2.75, 3.05) is 25.6 Å². The van der Waals surface area contributed by atoms with E-state index in [-0.39, 0.29) is 37.3 Å². The Labute approximate surface area is 369 Å². The molecule has 338 valence electrons. The minimum atomic E-state index is -3.92. The maximum atomic E-state index is 15.1. The maximum absolute atomic E-state index is 15.1. The number of rotatable bonds is 11. The number of fused-ring (bicyclic) bond motifs is 3. The summed E-state index contributed by atoms with van der Waals surface area (Å²) in [7, 11) is -2.29. The summed E-state index contributed by atoms with van der Waals surface area (Å²) in [6.07, 6.45) is 7.62. The fraction of sp³-hybridized carbons (Fsp3) is 0.553. The molecule has 1 saturated heterocycles. The third-order valence-electron chi connectivity index (χ3n) is 13.4. The van der Waals surface area contributed by atoms with Crippen LogP contribution in [0.3, 0.4) is 0 Å². The summed E-state index contributed by atoms with van der Waals surface area (Å²) in [4.78, 5) is 63.6. The number of nitrogens with one attached hydrogen (secondary N) is 4. The number of ether oxygens (including phenoxy) is 3. The van der Waals surface area contributed by atoms with Crippen molar-refractivity contribution in [3.05, 3.63) is 72.3 Å². The van der Waals surface area contributed by atoms with E-state index in [4.69, 9.17) is 19.2 Å². The number of aromatic nitrogens is 1. The minimum absolute atomic E-state index is 0.0103. The van der Waals surface area contributed by atoms with Crippen LogP contribution in [0.4, 0.5) is 10.6 Å². The number of benzene rings is 2. The molecule has 16 heteroatoms. The molecule has 8 rings (SSSR count). The highest BCUT2D eigenvalue weighted by Crippen LogP contribution is 2.46. The zero-order chi connectivity index (χ0) is 44.5. The lowest BCUT2D eigenvalue weighted by molar-refractivity contribution is -0.142. The zero-order valence-electron chi connectivity index (χ0n) is 36.5. The number of cyclic esters (lactones) is 1. The third-order valence-corrected chi connectivity index (χ3v) is 15.3. The van der Waals surface area contributed by atoms with Crippen molar-refractivity contribution in [2.45, 2.75) is 126 Å². The van der Waals surface area contributed by atoms with Crippen LogP contribution in [0.25, 0.3) is 10.9 Å². The number of aryl methyl sites for hydroxylation is 1. The van der Waals surface area contributed by atoms with Crippen molar-refractivity contribution in [1.82, 2.24) is 25.2 Å². The van der Waals surface area contributed by atoms with Gasteiger partial charge < -0.3 is 35.1 Å². The number of hydrogen-bond donors (Lipinski definition) is 4. The van der Waals surface area contributed by atoms with Gasteiger partial charge in [-0.3, -0.25) is 19.1 Å². The van der Waals surface area contributed by atoms with Crippen molar-refractivity contribution in [3.8, 4) is 11.5 Å². The van der Waals surface area contributed by atoms with Gasteiger partial charge in [0.2, 0.25) is 21.8 Å². The summed E-state index contributed by atoms with van der Waals surface area (Å²) in [5, 5.41) is 9.32. The normalized spacial score (nSPS) is 26.6. The van der Waals surface area contributed by atoms with Crippen LogP contribution in [0.1, 0.15) is 95.6 Å². The van der Waals surface area contributed by atoms with E-state index in [9.17, 15) is 22.8 Å². The number of nitrogens with zero attached hydrogens (tertiary/aromatic N) is 2. The predicted molar refractivity (Wildman–Crippen MR) is 237 cm³/mol. The average molecular weight is 885 g/mol. The lowest BCUT2D eigenvalue weighted by Gasteiger charge is -2.35. The molecular formula is C47H60N6O9S. The van der Waals surface area contributed by atoms with Crippen LogP contribution >= 0.6 is 0 Å². The van der Waals surface area contributed by atoms with E-state index >= 15 is 4.79 Å². The topological polar surface area (TPSA) is 194 Å². The van der Waals surface area contributed by atoms with Crippen LogP contribution < -0.4 is 30.1 Å². The first-order valence-electron chi connectivity index (χ1n) is 22.4. The summed E-state index contributed by atoms with van der Waals surface area (Å²) in [5.74, 6) is -0.906. The molecule has 2 aliphatic heterocycles. The molecule has 1 unspecified atom stereocenters. The number of amides is 4. The van der Waals surface area contributed by atoms with Gasteiger partial charge in [-0.15, -0.1) is 6.58 Å². The summed E-state index contributed by atoms with van der Waals surface area (Å²) in [6, 6.07) is 13.6. The van der Waals surface area contributed by atoms with E-state index in [0.29, 0.717) is 61.5 Å². The van der Waals surface area contributed by atoms with Gasteiger partial charge in [-0.25, -0.2) is 18.2 Å². The molecule has 1 aromatic heterocycles. The molecule has 63 heavy (non-hydrogen) atoms. The Morgan fingerprint density at radius 1 is 1.05 bits per heavy atom. The van der Waals surface area contributed by atoms with Gasteiger partial charge in [-0.1, -0.05) is 69.5 Å². The second-order valence-corrected chi connectivity index (χ2v) is 20.8. The van der Waals surface area contributed by atoms with Gasteiger partial charge in [-0.2, -0.15) is 0 Å². The standard InChI is InChI=1S/C47H60N6O9S/c1-5-32-25-47(32,44(56)52-63(58,59)34-18-19-34)51-42(54)37-22-33-27-53(37)43(55)41(30-15-10-7-11-16-30)50-45(57)61-28-46(2,3)20-12-17-31-21-35-36(23-38(31)60-4)49-40(24-39(35)62-33)48-26-29-13-8-6-9-14-29/h5-6,8-9,13-14,21,23-24,30,32-34,37,41H,1,7,10-12,15-20,22,25-28H2,2-4H3,(H,48,49)(H,50,57)(H,51,54)(H,52,56)/t32-,33+,37-,41-,47?/m0/s1. The quantitative estimate of drug-likeness (QED) is 0.167. The number of anilines is 1. The molecule has 0 spiro atoms. The fourth-order valence-electron chi connectivity index (χ4n) is 9.49. The fourth-order valence-corrected chi connectivity index (χ4v) is 10.9. The SMILES string of the molecule is C=C[C@H]1CC1(NC(=O)[C@@H]1C[C@@H]2CN1C(=O)[C@H](C1CCCCC1)NC(=O)OCC(C)(C)CCCc1cc3c(cc(NCc4ccccc4)nc3cc1OC)O2)C(=O)NS(=O)(=O)C1CC1. The lowest BCUT2D eigenvalue weighted by atomic mass is 9.83. The molecule has 4 fully saturated rings. The van der Waals surface area contributed by atoms with Crippen molar-refractivity contribution in [3.63, 3.8) is 0 Å². The van der Waals surface area contributed by atoms with Crippen molar-refractivity contribution in [1.29, 1.82) is 0 Å². The number of pyridine rings is 1. The number of sulfonamides is 1. The summed E-state index contributed by atoms with van der Waals surface area (Å²) in [5.41, 5.74) is 0.686. The molecule has 3 saturated carbocycles. The van der Waals surface area contributed by atoms with E-state index in [0.717, 1.165) is 48.6 Å². The lowest BCUT2D eigenvalue weighted by Crippen LogP contribution is -2.59. The highest BCUT2D eigenvalue weighted by molar-refractivity contribution is 7.91. The van der Waals surface area contributed by atoms with Gasteiger partial charge in [0.1, 0.15) is 41.0 Å². The molecule has 3 aromatic rings. The largest absolute Gasteiger partial charge is 0.496 e. The molecule has 5 atom stereocenters. The van der Waals surface area contributed by atoms with Crippen molar-refractivity contribution >= 4 is 50.6 Å². The number of alkyl carbamates (subject to hydrolysis) is 1. The predicted octanol–water partition coefficient (Wildman–Crippen LogP) is 5.91. The average Bonchev–Trinajstić information content (AvgIpc) is 4.21. The number of methoxy groups -OCH3 is 1. The Bertz CT molecular complexity index is 2350. The highest BCUT2D eigenvalue weighted by atomic mass is 32.2. The van der Waals surface area contributed by atoms with Crippen molar-refractivity contribution in [2.24, 2.45) is 17.3 Å². The second kappa shape index (κ2) is 18.0. The first-order chi connectivity index (χ1) is 30.2. The number of hydrogen-bond acceptors (Lipinski definition) is 11. The first-order valence-corrected chi connectivity index (χ1v) is 23.9. The minimum Gasteiger partial charge on any atom is -0.496 e. The van der Waals surface area contributed by atoms with E-state index in [1.165, 1.54) is 11.0 Å². The molecule has 3 heterocycles. The Morgan fingerprint density at radius 3 is 2.51 bits per heavy atom. The van der Waals surface area contributed by atoms with Gasteiger partial charge in [0.25, 0.3) is 5.91 Å². The van der Waals surface area contributed by atoms with E-state index in [1.54, 1.807) is 7.11 Å². The van der Waals surface area contributed by atoms with Gasteiger partial charge in [0.05, 0.1) is 31.0 Å². The number of carbonyl (C=O) groups excluding carboxylic acids is 4. The molecule has 4 N–H and O–H groups in total. The van der Waals surface area contributed by atoms with Crippen LogP contribution in [0.2, 0.25) is 0 Å². The van der Waals surface area contributed by atoms with Gasteiger partial charge >= 0.3 is 6.09 Å². The van der Waals surface area contributed by atoms with Crippen LogP contribution in [0.5, 0.6) is 11.5 Å². The molecule has 15 nitrogen and oxygen atoms in total.